The highest BCUT2D eigenvalue weighted by molar-refractivity contribution is 7.92. The van der Waals surface area contributed by atoms with Crippen LogP contribution in [0.25, 0.3) is 0 Å². The summed E-state index contributed by atoms with van der Waals surface area (Å²) in [5.41, 5.74) is 4.42. The predicted octanol–water partition coefficient (Wildman–Crippen LogP) is 3.61. The summed E-state index contributed by atoms with van der Waals surface area (Å²) in [7, 11) is -3.79. The van der Waals surface area contributed by atoms with Crippen molar-refractivity contribution in [3.05, 3.63) is 83.9 Å². The molecule has 0 atom stereocenters. The number of nitrogens with one attached hydrogen (secondary N) is 3. The minimum absolute atomic E-state index is 0.0946. The van der Waals surface area contributed by atoms with Crippen LogP contribution in [0.4, 0.5) is 11.4 Å². The van der Waals surface area contributed by atoms with Crippen molar-refractivity contribution in [2.45, 2.75) is 18.7 Å². The quantitative estimate of drug-likeness (QED) is 0.319. The van der Waals surface area contributed by atoms with Crippen molar-refractivity contribution in [2.75, 3.05) is 16.6 Å². The Morgan fingerprint density at radius 1 is 0.912 bits per heavy atom. The maximum atomic E-state index is 12.6. The van der Waals surface area contributed by atoms with E-state index >= 15 is 0 Å². The standard InChI is InChI=1S/C24H24N4O5S/c1-3-33-22-12-14-23(15-13-22)34(31,32)28-21-10-6-19(7-11-21)24(30)27-25-16-18-4-8-20(9-5-18)26-17(2)29/h4-16,28H,3H2,1-2H3,(H,26,29)(H,27,30)/b25-16+. The largest absolute Gasteiger partial charge is 0.494 e. The topological polar surface area (TPSA) is 126 Å². The van der Waals surface area contributed by atoms with E-state index in [9.17, 15) is 18.0 Å². The molecule has 0 aliphatic rings. The molecule has 3 aromatic carbocycles. The first-order valence-electron chi connectivity index (χ1n) is 10.3. The number of anilines is 2. The number of nitrogens with zero attached hydrogens (tertiary/aromatic N) is 1. The minimum atomic E-state index is -3.79. The minimum Gasteiger partial charge on any atom is -0.494 e. The Balaban J connectivity index is 1.57. The van der Waals surface area contributed by atoms with Gasteiger partial charge in [0.1, 0.15) is 5.75 Å². The highest BCUT2D eigenvalue weighted by Gasteiger charge is 2.14. The molecule has 0 bridgehead atoms. The summed E-state index contributed by atoms with van der Waals surface area (Å²) in [5, 5.41) is 6.58. The van der Waals surface area contributed by atoms with Gasteiger partial charge in [0.25, 0.3) is 15.9 Å². The first-order valence-corrected chi connectivity index (χ1v) is 11.8. The van der Waals surface area contributed by atoms with Gasteiger partial charge in [-0.2, -0.15) is 5.10 Å². The van der Waals surface area contributed by atoms with Crippen LogP contribution in [-0.4, -0.2) is 33.1 Å². The van der Waals surface area contributed by atoms with Crippen LogP contribution in [0.2, 0.25) is 0 Å². The van der Waals surface area contributed by atoms with Crippen LogP contribution < -0.4 is 20.2 Å². The number of hydrazone groups is 1. The molecule has 9 nitrogen and oxygen atoms in total. The fourth-order valence-corrected chi connectivity index (χ4v) is 3.93. The van der Waals surface area contributed by atoms with Gasteiger partial charge < -0.3 is 10.1 Å². The van der Waals surface area contributed by atoms with Crippen LogP contribution in [0.5, 0.6) is 5.75 Å². The molecule has 0 radical (unpaired) electrons. The van der Waals surface area contributed by atoms with Gasteiger partial charge in [-0.15, -0.1) is 0 Å². The Hall–Kier alpha value is -4.18. The summed E-state index contributed by atoms with van der Waals surface area (Å²) in [6.45, 7) is 3.76. The molecule has 0 aliphatic heterocycles. The first kappa shape index (κ1) is 24.5. The Kier molecular flexibility index (Phi) is 7.99. The summed E-state index contributed by atoms with van der Waals surface area (Å²) >= 11 is 0. The smallest absolute Gasteiger partial charge is 0.271 e. The number of carbonyl (C=O) groups is 2. The second-order valence-corrected chi connectivity index (χ2v) is 8.77. The van der Waals surface area contributed by atoms with Gasteiger partial charge in [-0.1, -0.05) is 12.1 Å². The Labute approximate surface area is 197 Å². The summed E-state index contributed by atoms with van der Waals surface area (Å²) in [6.07, 6.45) is 1.47. The zero-order valence-electron chi connectivity index (χ0n) is 18.6. The molecule has 0 fully saturated rings. The second-order valence-electron chi connectivity index (χ2n) is 7.09. The van der Waals surface area contributed by atoms with Crippen LogP contribution in [0.1, 0.15) is 29.8 Å². The number of carbonyl (C=O) groups excluding carboxylic acids is 2. The van der Waals surface area contributed by atoms with E-state index in [4.69, 9.17) is 4.74 Å². The molecule has 3 rings (SSSR count). The Morgan fingerprint density at radius 3 is 2.12 bits per heavy atom. The van der Waals surface area contributed by atoms with Crippen molar-refractivity contribution in [1.29, 1.82) is 0 Å². The fourth-order valence-electron chi connectivity index (χ4n) is 2.87. The third-order valence-electron chi connectivity index (χ3n) is 4.46. The van der Waals surface area contributed by atoms with Crippen molar-refractivity contribution in [3.63, 3.8) is 0 Å². The number of benzene rings is 3. The molecular weight excluding hydrogens is 456 g/mol. The molecule has 0 heterocycles. The van der Waals surface area contributed by atoms with Gasteiger partial charge in [-0.25, -0.2) is 13.8 Å². The number of amides is 2. The molecule has 3 aromatic rings. The molecule has 176 valence electrons. The van der Waals surface area contributed by atoms with Gasteiger partial charge in [0.05, 0.1) is 17.7 Å². The van der Waals surface area contributed by atoms with Gasteiger partial charge in [0, 0.05) is 23.9 Å². The second kappa shape index (κ2) is 11.1. The summed E-state index contributed by atoms with van der Waals surface area (Å²) in [4.78, 5) is 23.4. The first-order chi connectivity index (χ1) is 16.3. The average Bonchev–Trinajstić information content (AvgIpc) is 2.80. The van der Waals surface area contributed by atoms with E-state index in [2.05, 4.69) is 20.6 Å². The van der Waals surface area contributed by atoms with Gasteiger partial charge in [-0.05, 0) is 73.2 Å². The van der Waals surface area contributed by atoms with Crippen LogP contribution in [-0.2, 0) is 14.8 Å². The fraction of sp³-hybridized carbons (Fsp3) is 0.125. The molecule has 0 spiro atoms. The normalized spacial score (nSPS) is 11.1. The third kappa shape index (κ3) is 6.91. The summed E-state index contributed by atoms with van der Waals surface area (Å²) in [5.74, 6) is -0.0304. The third-order valence-corrected chi connectivity index (χ3v) is 5.85. The number of ether oxygens (including phenoxy) is 1. The molecule has 3 N–H and O–H groups in total. The molecule has 0 aromatic heterocycles. The number of rotatable bonds is 9. The lowest BCUT2D eigenvalue weighted by atomic mass is 10.2. The highest BCUT2D eigenvalue weighted by Crippen LogP contribution is 2.20. The maximum absolute atomic E-state index is 12.6. The number of hydrogen-bond acceptors (Lipinski definition) is 6. The lowest BCUT2D eigenvalue weighted by Crippen LogP contribution is -2.18. The van der Waals surface area contributed by atoms with E-state index in [0.29, 0.717) is 29.3 Å². The lowest BCUT2D eigenvalue weighted by molar-refractivity contribution is -0.114. The molecule has 0 unspecified atom stereocenters. The van der Waals surface area contributed by atoms with Gasteiger partial charge in [-0.3, -0.25) is 14.3 Å². The molecule has 10 heteroatoms. The van der Waals surface area contributed by atoms with Crippen molar-refractivity contribution in [2.24, 2.45) is 5.10 Å². The SMILES string of the molecule is CCOc1ccc(S(=O)(=O)Nc2ccc(C(=O)N/N=C/c3ccc(NC(C)=O)cc3)cc2)cc1. The zero-order chi connectivity index (χ0) is 24.6. The van der Waals surface area contributed by atoms with Gasteiger partial charge in [0.2, 0.25) is 5.91 Å². The number of hydrogen-bond donors (Lipinski definition) is 3. The van der Waals surface area contributed by atoms with Crippen LogP contribution in [0.15, 0.2) is 82.8 Å². The van der Waals surface area contributed by atoms with Gasteiger partial charge >= 0.3 is 0 Å². The highest BCUT2D eigenvalue weighted by atomic mass is 32.2. The average molecular weight is 481 g/mol. The molecule has 2 amide bonds. The van der Waals surface area contributed by atoms with Crippen molar-refractivity contribution < 1.29 is 22.7 Å². The summed E-state index contributed by atoms with van der Waals surface area (Å²) in [6, 6.07) is 19.0. The molecule has 0 saturated heterocycles. The van der Waals surface area contributed by atoms with E-state index in [0.717, 1.165) is 5.56 Å². The molecule has 0 aliphatic carbocycles. The van der Waals surface area contributed by atoms with E-state index < -0.39 is 15.9 Å². The zero-order valence-corrected chi connectivity index (χ0v) is 19.4. The van der Waals surface area contributed by atoms with Crippen LogP contribution >= 0.6 is 0 Å². The van der Waals surface area contributed by atoms with E-state index in [1.807, 2.05) is 6.92 Å². The number of sulfonamides is 1. The maximum Gasteiger partial charge on any atom is 0.271 e. The summed E-state index contributed by atoms with van der Waals surface area (Å²) < 4.78 is 32.9. The molecule has 0 saturated carbocycles. The van der Waals surface area contributed by atoms with E-state index in [1.54, 1.807) is 36.4 Å². The van der Waals surface area contributed by atoms with E-state index in [-0.39, 0.29) is 10.8 Å². The molecular formula is C24H24N4O5S. The van der Waals surface area contributed by atoms with Crippen molar-refractivity contribution in [1.82, 2.24) is 5.43 Å². The van der Waals surface area contributed by atoms with E-state index in [1.165, 1.54) is 49.5 Å². The molecule has 34 heavy (non-hydrogen) atoms. The Bertz CT molecular complexity index is 1270. The van der Waals surface area contributed by atoms with Crippen LogP contribution in [0, 0.1) is 0 Å². The monoisotopic (exact) mass is 480 g/mol. The van der Waals surface area contributed by atoms with Crippen molar-refractivity contribution >= 4 is 39.4 Å². The van der Waals surface area contributed by atoms with Crippen LogP contribution in [0.3, 0.4) is 0 Å². The van der Waals surface area contributed by atoms with Crippen molar-refractivity contribution in [3.8, 4) is 5.75 Å². The lowest BCUT2D eigenvalue weighted by Gasteiger charge is -2.09. The Morgan fingerprint density at radius 2 is 1.53 bits per heavy atom. The predicted molar refractivity (Wildman–Crippen MR) is 131 cm³/mol. The van der Waals surface area contributed by atoms with Gasteiger partial charge in [0.15, 0.2) is 0 Å².